The highest BCUT2D eigenvalue weighted by Crippen LogP contribution is 2.06. The SMILES string of the molecule is Cc1[nH]n(-c2ccccc2)c(=O)c1CO. The van der Waals surface area contributed by atoms with Crippen molar-refractivity contribution in [3.05, 3.63) is 51.9 Å². The van der Waals surface area contributed by atoms with Gasteiger partial charge < -0.3 is 5.11 Å². The van der Waals surface area contributed by atoms with Crippen LogP contribution in [-0.2, 0) is 6.61 Å². The van der Waals surface area contributed by atoms with Crippen LogP contribution >= 0.6 is 0 Å². The van der Waals surface area contributed by atoms with Crippen LogP contribution in [0.15, 0.2) is 35.1 Å². The molecule has 4 heteroatoms. The summed E-state index contributed by atoms with van der Waals surface area (Å²) >= 11 is 0. The first-order valence-corrected chi connectivity index (χ1v) is 4.71. The molecule has 0 radical (unpaired) electrons. The molecule has 0 aliphatic rings. The van der Waals surface area contributed by atoms with Crippen LogP contribution < -0.4 is 5.56 Å². The number of nitrogens with zero attached hydrogens (tertiary/aromatic N) is 1. The normalized spacial score (nSPS) is 10.5. The van der Waals surface area contributed by atoms with E-state index in [0.717, 1.165) is 5.69 Å². The Bertz CT molecular complexity index is 511. The van der Waals surface area contributed by atoms with Gasteiger partial charge in [-0.2, -0.15) is 0 Å². The maximum Gasteiger partial charge on any atom is 0.277 e. The van der Waals surface area contributed by atoms with Crippen LogP contribution in [0.5, 0.6) is 0 Å². The zero-order chi connectivity index (χ0) is 10.8. The lowest BCUT2D eigenvalue weighted by molar-refractivity contribution is 0.280. The second-order valence-corrected chi connectivity index (χ2v) is 3.35. The number of aromatic amines is 1. The van der Waals surface area contributed by atoms with Gasteiger partial charge in [0.25, 0.3) is 5.56 Å². The van der Waals surface area contributed by atoms with Gasteiger partial charge in [0.1, 0.15) is 0 Å². The highest BCUT2D eigenvalue weighted by atomic mass is 16.3. The van der Waals surface area contributed by atoms with Crippen LogP contribution in [0, 0.1) is 6.92 Å². The molecule has 0 saturated carbocycles. The van der Waals surface area contributed by atoms with Gasteiger partial charge in [-0.1, -0.05) is 18.2 Å². The molecule has 1 aromatic heterocycles. The number of benzene rings is 1. The van der Waals surface area contributed by atoms with E-state index in [-0.39, 0.29) is 12.2 Å². The average Bonchev–Trinajstić information content (AvgIpc) is 2.55. The molecule has 0 bridgehead atoms. The Hall–Kier alpha value is -1.81. The molecule has 0 saturated heterocycles. The van der Waals surface area contributed by atoms with Crippen molar-refractivity contribution in [3.63, 3.8) is 0 Å². The topological polar surface area (TPSA) is 58.0 Å². The molecule has 2 N–H and O–H groups in total. The van der Waals surface area contributed by atoms with Crippen molar-refractivity contribution in [3.8, 4) is 5.69 Å². The molecule has 0 unspecified atom stereocenters. The zero-order valence-corrected chi connectivity index (χ0v) is 8.40. The van der Waals surface area contributed by atoms with Crippen molar-refractivity contribution >= 4 is 0 Å². The molecular weight excluding hydrogens is 192 g/mol. The minimum atomic E-state index is -0.235. The number of aliphatic hydroxyl groups is 1. The highest BCUT2D eigenvalue weighted by molar-refractivity contribution is 5.32. The maximum absolute atomic E-state index is 11.8. The second-order valence-electron chi connectivity index (χ2n) is 3.35. The van der Waals surface area contributed by atoms with Crippen LogP contribution in [0.4, 0.5) is 0 Å². The average molecular weight is 204 g/mol. The molecule has 0 aliphatic heterocycles. The first-order chi connectivity index (χ1) is 7.24. The number of hydrogen-bond acceptors (Lipinski definition) is 2. The van der Waals surface area contributed by atoms with E-state index in [4.69, 9.17) is 5.11 Å². The predicted octanol–water partition coefficient (Wildman–Crippen LogP) is 0.966. The molecule has 0 spiro atoms. The van der Waals surface area contributed by atoms with E-state index in [1.165, 1.54) is 4.68 Å². The number of aryl methyl sites for hydroxylation is 1. The number of H-pyrrole nitrogens is 1. The van der Waals surface area contributed by atoms with Gasteiger partial charge in [-0.3, -0.25) is 9.89 Å². The molecule has 15 heavy (non-hydrogen) atoms. The molecule has 2 aromatic rings. The Kier molecular flexibility index (Phi) is 2.43. The standard InChI is InChI=1S/C11H12N2O2/c1-8-10(7-14)11(15)13(12-8)9-5-3-2-4-6-9/h2-6,12,14H,7H2,1H3. The Morgan fingerprint density at radius 2 is 2.00 bits per heavy atom. The van der Waals surface area contributed by atoms with E-state index in [2.05, 4.69) is 5.10 Å². The Labute approximate surface area is 86.8 Å². The van der Waals surface area contributed by atoms with Crippen LogP contribution in [-0.4, -0.2) is 14.9 Å². The smallest absolute Gasteiger partial charge is 0.277 e. The number of para-hydroxylation sites is 1. The number of aliphatic hydroxyl groups excluding tert-OH is 1. The fraction of sp³-hybridized carbons (Fsp3) is 0.182. The molecule has 0 aliphatic carbocycles. The van der Waals surface area contributed by atoms with Gasteiger partial charge in [-0.05, 0) is 19.1 Å². The van der Waals surface area contributed by atoms with Gasteiger partial charge in [0.05, 0.1) is 17.9 Å². The summed E-state index contributed by atoms with van der Waals surface area (Å²) in [7, 11) is 0. The third-order valence-electron chi connectivity index (χ3n) is 2.37. The Morgan fingerprint density at radius 1 is 1.33 bits per heavy atom. The van der Waals surface area contributed by atoms with Crippen molar-refractivity contribution in [1.29, 1.82) is 0 Å². The van der Waals surface area contributed by atoms with Gasteiger partial charge in [-0.15, -0.1) is 0 Å². The minimum absolute atomic E-state index is 0.193. The lowest BCUT2D eigenvalue weighted by atomic mass is 10.3. The van der Waals surface area contributed by atoms with Crippen LogP contribution in [0.2, 0.25) is 0 Å². The summed E-state index contributed by atoms with van der Waals surface area (Å²) in [5.41, 5.74) is 1.69. The fourth-order valence-electron chi connectivity index (χ4n) is 1.53. The molecular formula is C11H12N2O2. The molecule has 0 atom stereocenters. The molecule has 1 aromatic carbocycles. The van der Waals surface area contributed by atoms with Gasteiger partial charge in [0.2, 0.25) is 0 Å². The summed E-state index contributed by atoms with van der Waals surface area (Å²) in [5, 5.41) is 12.0. The van der Waals surface area contributed by atoms with E-state index < -0.39 is 0 Å². The van der Waals surface area contributed by atoms with Crippen LogP contribution in [0.25, 0.3) is 5.69 Å². The third kappa shape index (κ3) is 1.59. The largest absolute Gasteiger partial charge is 0.391 e. The van der Waals surface area contributed by atoms with Gasteiger partial charge in [0.15, 0.2) is 0 Å². The Morgan fingerprint density at radius 3 is 2.53 bits per heavy atom. The first-order valence-electron chi connectivity index (χ1n) is 4.71. The fourth-order valence-corrected chi connectivity index (χ4v) is 1.53. The molecule has 0 fully saturated rings. The summed E-state index contributed by atoms with van der Waals surface area (Å²) in [6.45, 7) is 1.54. The summed E-state index contributed by atoms with van der Waals surface area (Å²) in [5.74, 6) is 0. The quantitative estimate of drug-likeness (QED) is 0.765. The predicted molar refractivity (Wildman–Crippen MR) is 57.0 cm³/mol. The summed E-state index contributed by atoms with van der Waals surface area (Å²) in [4.78, 5) is 11.8. The highest BCUT2D eigenvalue weighted by Gasteiger charge is 2.10. The minimum Gasteiger partial charge on any atom is -0.391 e. The monoisotopic (exact) mass is 204 g/mol. The molecule has 4 nitrogen and oxygen atoms in total. The van der Waals surface area contributed by atoms with E-state index in [1.54, 1.807) is 6.92 Å². The molecule has 78 valence electrons. The van der Waals surface area contributed by atoms with E-state index in [1.807, 2.05) is 30.3 Å². The van der Waals surface area contributed by atoms with Gasteiger partial charge in [0, 0.05) is 5.69 Å². The van der Waals surface area contributed by atoms with Gasteiger partial charge in [-0.25, -0.2) is 4.68 Å². The number of hydrogen-bond donors (Lipinski definition) is 2. The molecule has 2 rings (SSSR count). The molecule has 0 amide bonds. The van der Waals surface area contributed by atoms with Crippen molar-refractivity contribution in [2.24, 2.45) is 0 Å². The van der Waals surface area contributed by atoms with E-state index in [0.29, 0.717) is 11.3 Å². The van der Waals surface area contributed by atoms with Crippen molar-refractivity contribution in [1.82, 2.24) is 9.78 Å². The van der Waals surface area contributed by atoms with Crippen molar-refractivity contribution in [2.45, 2.75) is 13.5 Å². The Balaban J connectivity index is 2.61. The number of aromatic nitrogens is 2. The molecule has 1 heterocycles. The summed E-state index contributed by atoms with van der Waals surface area (Å²) < 4.78 is 1.43. The van der Waals surface area contributed by atoms with E-state index in [9.17, 15) is 4.79 Å². The van der Waals surface area contributed by atoms with Crippen molar-refractivity contribution < 1.29 is 5.11 Å². The van der Waals surface area contributed by atoms with Gasteiger partial charge >= 0.3 is 0 Å². The van der Waals surface area contributed by atoms with Crippen LogP contribution in [0.1, 0.15) is 11.3 Å². The maximum atomic E-state index is 11.8. The number of rotatable bonds is 2. The summed E-state index contributed by atoms with van der Waals surface area (Å²) in [6, 6.07) is 9.27. The van der Waals surface area contributed by atoms with E-state index >= 15 is 0 Å². The summed E-state index contributed by atoms with van der Waals surface area (Å²) in [6.07, 6.45) is 0. The van der Waals surface area contributed by atoms with Crippen LogP contribution in [0.3, 0.4) is 0 Å². The lowest BCUT2D eigenvalue weighted by Gasteiger charge is -1.99. The zero-order valence-electron chi connectivity index (χ0n) is 8.40. The first kappa shape index (κ1) is 9.73. The second kappa shape index (κ2) is 3.74. The third-order valence-corrected chi connectivity index (χ3v) is 2.37. The number of nitrogens with one attached hydrogen (secondary N) is 1. The lowest BCUT2D eigenvalue weighted by Crippen LogP contribution is -2.17. The van der Waals surface area contributed by atoms with Crippen molar-refractivity contribution in [2.75, 3.05) is 0 Å².